The summed E-state index contributed by atoms with van der Waals surface area (Å²) in [7, 11) is 1.71. The maximum Gasteiger partial charge on any atom is 0.134 e. The van der Waals surface area contributed by atoms with Crippen LogP contribution in [0.15, 0.2) is 42.7 Å². The number of rotatable bonds is 2. The molecule has 2 N–H and O–H groups in total. The molecule has 0 aliphatic carbocycles. The summed E-state index contributed by atoms with van der Waals surface area (Å²) in [5, 5.41) is 4.62. The minimum absolute atomic E-state index is 0.248. The number of benzene rings is 1. The van der Waals surface area contributed by atoms with Gasteiger partial charge in [0.05, 0.1) is 16.1 Å². The first-order chi connectivity index (χ1) is 10.1. The average Bonchev–Trinajstić information content (AvgIpc) is 2.75. The van der Waals surface area contributed by atoms with Crippen LogP contribution in [0.5, 0.6) is 0 Å². The molecular weight excluding hydrogens is 291 g/mol. The molecule has 0 radical (unpaired) electrons. The fraction of sp³-hybridized carbons (Fsp3) is 0.0667. The van der Waals surface area contributed by atoms with Crippen LogP contribution in [0.25, 0.3) is 22.4 Å². The predicted molar refractivity (Wildman–Crippen MR) is 81.3 cm³/mol. The van der Waals surface area contributed by atoms with Crippen molar-refractivity contribution in [1.82, 2.24) is 14.8 Å². The molecule has 6 heteroatoms. The fourth-order valence-corrected chi connectivity index (χ4v) is 2.49. The van der Waals surface area contributed by atoms with E-state index in [1.807, 2.05) is 0 Å². The molecule has 106 valence electrons. The molecular formula is C15H12ClFN4. The summed E-state index contributed by atoms with van der Waals surface area (Å²) in [6.07, 6.45) is 3.29. The molecule has 0 saturated heterocycles. The van der Waals surface area contributed by atoms with Crippen LogP contribution in [-0.2, 0) is 7.05 Å². The highest BCUT2D eigenvalue weighted by atomic mass is 35.5. The van der Waals surface area contributed by atoms with Gasteiger partial charge in [0.2, 0.25) is 0 Å². The van der Waals surface area contributed by atoms with Gasteiger partial charge in [-0.3, -0.25) is 9.67 Å². The molecule has 0 aliphatic heterocycles. The van der Waals surface area contributed by atoms with Crippen molar-refractivity contribution in [1.29, 1.82) is 0 Å². The van der Waals surface area contributed by atoms with Crippen LogP contribution in [-0.4, -0.2) is 14.8 Å². The van der Waals surface area contributed by atoms with E-state index in [2.05, 4.69) is 10.1 Å². The van der Waals surface area contributed by atoms with Crippen LogP contribution >= 0.6 is 11.6 Å². The van der Waals surface area contributed by atoms with Crippen molar-refractivity contribution < 1.29 is 4.39 Å². The quantitative estimate of drug-likeness (QED) is 0.788. The zero-order valence-electron chi connectivity index (χ0n) is 11.2. The van der Waals surface area contributed by atoms with Crippen molar-refractivity contribution in [3.63, 3.8) is 0 Å². The second kappa shape index (κ2) is 5.18. The smallest absolute Gasteiger partial charge is 0.134 e. The van der Waals surface area contributed by atoms with Gasteiger partial charge in [-0.1, -0.05) is 17.7 Å². The van der Waals surface area contributed by atoms with Crippen molar-refractivity contribution in [2.75, 3.05) is 5.73 Å². The Balaban J connectivity index is 2.33. The predicted octanol–water partition coefficient (Wildman–Crippen LogP) is 3.52. The summed E-state index contributed by atoms with van der Waals surface area (Å²) in [5.74, 6) is 0.00595. The molecule has 2 aromatic heterocycles. The first-order valence-electron chi connectivity index (χ1n) is 6.27. The van der Waals surface area contributed by atoms with Crippen LogP contribution in [0.3, 0.4) is 0 Å². The molecule has 4 nitrogen and oxygen atoms in total. The molecule has 0 amide bonds. The molecule has 3 rings (SSSR count). The van der Waals surface area contributed by atoms with Gasteiger partial charge in [-0.05, 0) is 29.8 Å². The van der Waals surface area contributed by atoms with Gasteiger partial charge in [0, 0.05) is 19.4 Å². The van der Waals surface area contributed by atoms with Crippen molar-refractivity contribution in [3.8, 4) is 22.4 Å². The van der Waals surface area contributed by atoms with Crippen LogP contribution in [0.1, 0.15) is 0 Å². The summed E-state index contributed by atoms with van der Waals surface area (Å²) in [6, 6.07) is 8.13. The lowest BCUT2D eigenvalue weighted by Gasteiger charge is -2.06. The van der Waals surface area contributed by atoms with E-state index in [9.17, 15) is 4.39 Å². The van der Waals surface area contributed by atoms with Gasteiger partial charge in [-0.2, -0.15) is 5.10 Å². The van der Waals surface area contributed by atoms with E-state index in [4.69, 9.17) is 17.3 Å². The van der Waals surface area contributed by atoms with E-state index in [-0.39, 0.29) is 5.56 Å². The van der Waals surface area contributed by atoms with Gasteiger partial charge < -0.3 is 5.73 Å². The second-order valence-electron chi connectivity index (χ2n) is 4.57. The van der Waals surface area contributed by atoms with Crippen LogP contribution in [0.2, 0.25) is 5.02 Å². The summed E-state index contributed by atoms with van der Waals surface area (Å²) in [4.78, 5) is 3.98. The number of halogens is 2. The Bertz CT molecular complexity index is 779. The lowest BCUT2D eigenvalue weighted by atomic mass is 10.0. The van der Waals surface area contributed by atoms with Crippen LogP contribution in [0, 0.1) is 5.82 Å². The third-order valence-electron chi connectivity index (χ3n) is 3.26. The number of pyridine rings is 1. The number of anilines is 1. The van der Waals surface area contributed by atoms with Gasteiger partial charge in [0.25, 0.3) is 0 Å². The standard InChI is InChI=1S/C15H12ClFN4/c1-21-15(18)12(9-5-7-19-8-6-9)14(20-21)13-10(16)3-2-4-11(13)17/h2-8H,18H2,1H3. The van der Waals surface area contributed by atoms with Gasteiger partial charge in [-0.25, -0.2) is 4.39 Å². The number of nitrogen functional groups attached to an aromatic ring is 1. The van der Waals surface area contributed by atoms with E-state index >= 15 is 0 Å². The Labute approximate surface area is 126 Å². The van der Waals surface area contributed by atoms with Gasteiger partial charge in [-0.15, -0.1) is 0 Å². The lowest BCUT2D eigenvalue weighted by Crippen LogP contribution is -1.98. The molecule has 0 aliphatic rings. The summed E-state index contributed by atoms with van der Waals surface area (Å²) in [6.45, 7) is 0. The van der Waals surface area contributed by atoms with Crippen LogP contribution < -0.4 is 5.73 Å². The first kappa shape index (κ1) is 13.6. The number of nitrogens with zero attached hydrogens (tertiary/aromatic N) is 3. The third kappa shape index (κ3) is 2.25. The topological polar surface area (TPSA) is 56.7 Å². The molecule has 0 spiro atoms. The van der Waals surface area contributed by atoms with E-state index in [1.54, 1.807) is 43.7 Å². The minimum atomic E-state index is -0.434. The summed E-state index contributed by atoms with van der Waals surface area (Å²) >= 11 is 6.14. The summed E-state index contributed by atoms with van der Waals surface area (Å²) < 4.78 is 15.7. The number of hydrogen-bond donors (Lipinski definition) is 1. The zero-order valence-corrected chi connectivity index (χ0v) is 12.0. The van der Waals surface area contributed by atoms with Crippen molar-refractivity contribution in [3.05, 3.63) is 53.6 Å². The highest BCUT2D eigenvalue weighted by molar-refractivity contribution is 6.33. The Kier molecular flexibility index (Phi) is 3.35. The van der Waals surface area contributed by atoms with E-state index in [1.165, 1.54) is 10.7 Å². The Morgan fingerprint density at radius 1 is 1.14 bits per heavy atom. The number of aryl methyl sites for hydroxylation is 1. The Morgan fingerprint density at radius 2 is 1.86 bits per heavy atom. The van der Waals surface area contributed by atoms with Gasteiger partial charge >= 0.3 is 0 Å². The van der Waals surface area contributed by atoms with Gasteiger partial charge in [0.1, 0.15) is 17.3 Å². The maximum absolute atomic E-state index is 14.2. The molecule has 0 atom stereocenters. The normalized spacial score (nSPS) is 10.8. The van der Waals surface area contributed by atoms with E-state index in [0.717, 1.165) is 5.56 Å². The molecule has 0 bridgehead atoms. The number of aromatic nitrogens is 3. The average molecular weight is 303 g/mol. The third-order valence-corrected chi connectivity index (χ3v) is 3.58. The van der Waals surface area contributed by atoms with Crippen LogP contribution in [0.4, 0.5) is 10.2 Å². The number of hydrogen-bond acceptors (Lipinski definition) is 3. The van der Waals surface area contributed by atoms with Gasteiger partial charge in [0.15, 0.2) is 0 Å². The lowest BCUT2D eigenvalue weighted by molar-refractivity contribution is 0.630. The maximum atomic E-state index is 14.2. The van der Waals surface area contributed by atoms with Crippen molar-refractivity contribution >= 4 is 17.4 Å². The molecule has 21 heavy (non-hydrogen) atoms. The molecule has 3 aromatic rings. The Hall–Kier alpha value is -2.40. The second-order valence-corrected chi connectivity index (χ2v) is 4.97. The monoisotopic (exact) mass is 302 g/mol. The molecule has 0 saturated carbocycles. The van der Waals surface area contributed by atoms with Crippen molar-refractivity contribution in [2.45, 2.75) is 0 Å². The van der Waals surface area contributed by atoms with E-state index in [0.29, 0.717) is 22.1 Å². The molecule has 1 aromatic carbocycles. The molecule has 0 unspecified atom stereocenters. The molecule has 0 fully saturated rings. The SMILES string of the molecule is Cn1nc(-c2c(F)cccc2Cl)c(-c2ccncc2)c1N. The number of nitrogens with two attached hydrogens (primary N) is 1. The highest BCUT2D eigenvalue weighted by Gasteiger charge is 2.21. The van der Waals surface area contributed by atoms with Crippen molar-refractivity contribution in [2.24, 2.45) is 7.05 Å². The zero-order chi connectivity index (χ0) is 15.0. The van der Waals surface area contributed by atoms with E-state index < -0.39 is 5.82 Å². The Morgan fingerprint density at radius 3 is 2.52 bits per heavy atom. The largest absolute Gasteiger partial charge is 0.383 e. The first-order valence-corrected chi connectivity index (χ1v) is 6.64. The minimum Gasteiger partial charge on any atom is -0.383 e. The summed E-state index contributed by atoms with van der Waals surface area (Å²) in [5.41, 5.74) is 8.21. The molecule has 2 heterocycles. The fourth-order valence-electron chi connectivity index (χ4n) is 2.24. The highest BCUT2D eigenvalue weighted by Crippen LogP contribution is 2.39.